The summed E-state index contributed by atoms with van der Waals surface area (Å²) < 4.78 is 5.14. The monoisotopic (exact) mass is 283 g/mol. The van der Waals surface area contributed by atoms with Gasteiger partial charge in [-0.15, -0.1) is 0 Å². The summed E-state index contributed by atoms with van der Waals surface area (Å²) in [5.74, 6) is -0.358. The van der Waals surface area contributed by atoms with E-state index in [4.69, 9.17) is 4.74 Å². The largest absolute Gasteiger partial charge is 0.457 e. The minimum absolute atomic E-state index is 0.0725. The summed E-state index contributed by atoms with van der Waals surface area (Å²) in [6.07, 6.45) is 1.58. The van der Waals surface area contributed by atoms with Crippen LogP contribution in [0.4, 0.5) is 0 Å². The number of esters is 1. The molecule has 0 saturated carbocycles. The van der Waals surface area contributed by atoms with E-state index in [1.54, 1.807) is 18.3 Å². The van der Waals surface area contributed by atoms with Crippen molar-refractivity contribution in [2.24, 2.45) is 0 Å². The molecule has 2 aromatic rings. The molecule has 21 heavy (non-hydrogen) atoms. The zero-order valence-corrected chi connectivity index (χ0v) is 12.3. The van der Waals surface area contributed by atoms with E-state index in [0.29, 0.717) is 16.7 Å². The van der Waals surface area contributed by atoms with Crippen LogP contribution in [0.15, 0.2) is 35.3 Å². The summed E-state index contributed by atoms with van der Waals surface area (Å²) in [4.78, 5) is 26.7. The first-order valence-electron chi connectivity index (χ1n) is 6.90. The van der Waals surface area contributed by atoms with Gasteiger partial charge in [0.1, 0.15) is 6.61 Å². The van der Waals surface area contributed by atoms with Crippen LogP contribution in [0.2, 0.25) is 0 Å². The Balaban J connectivity index is 2.34. The minimum Gasteiger partial charge on any atom is -0.457 e. The van der Waals surface area contributed by atoms with Gasteiger partial charge in [-0.25, -0.2) is 4.79 Å². The highest BCUT2D eigenvalue weighted by molar-refractivity contribution is 6.00. The van der Waals surface area contributed by atoms with Crippen LogP contribution >= 0.6 is 0 Å². The van der Waals surface area contributed by atoms with Gasteiger partial charge in [-0.3, -0.25) is 4.79 Å². The number of hydrogen-bond donors (Lipinski definition) is 1. The normalized spacial score (nSPS) is 14.0. The molecule has 1 aromatic carbocycles. The molecule has 0 spiro atoms. The van der Waals surface area contributed by atoms with Crippen LogP contribution < -0.4 is 5.56 Å². The Morgan fingerprint density at radius 2 is 1.90 bits per heavy atom. The fourth-order valence-corrected chi connectivity index (χ4v) is 2.55. The average Bonchev–Trinajstić information content (AvgIpc) is 2.79. The van der Waals surface area contributed by atoms with Crippen molar-refractivity contribution in [1.82, 2.24) is 4.98 Å². The van der Waals surface area contributed by atoms with Crippen molar-refractivity contribution in [2.75, 3.05) is 0 Å². The molecule has 1 aliphatic heterocycles. The van der Waals surface area contributed by atoms with Crippen LogP contribution in [-0.4, -0.2) is 11.0 Å². The van der Waals surface area contributed by atoms with Crippen molar-refractivity contribution >= 4 is 5.97 Å². The maximum Gasteiger partial charge on any atom is 0.339 e. The van der Waals surface area contributed by atoms with Gasteiger partial charge in [-0.2, -0.15) is 0 Å². The molecular formula is C17H17NO3. The first-order valence-corrected chi connectivity index (χ1v) is 6.90. The van der Waals surface area contributed by atoms with Crippen LogP contribution in [0, 0.1) is 0 Å². The average molecular weight is 283 g/mol. The second-order valence-electron chi connectivity index (χ2n) is 6.30. The number of pyridine rings is 1. The zero-order valence-electron chi connectivity index (χ0n) is 12.3. The molecule has 2 heterocycles. The van der Waals surface area contributed by atoms with Crippen molar-refractivity contribution in [3.8, 4) is 11.1 Å². The van der Waals surface area contributed by atoms with Crippen molar-refractivity contribution in [2.45, 2.75) is 32.8 Å². The third-order valence-corrected chi connectivity index (χ3v) is 3.76. The topological polar surface area (TPSA) is 59.2 Å². The van der Waals surface area contributed by atoms with Gasteiger partial charge in [0.05, 0.1) is 5.56 Å². The standard InChI is InChI=1S/C17H17NO3/c1-17(2,3)11-7-10-9-21-16(20)14(10)13(8-11)12-5-4-6-18-15(12)19/h4-8H,9H2,1-3H3,(H,18,19). The SMILES string of the molecule is CC(C)(C)c1cc2c(c(-c3ccc[nH]c3=O)c1)C(=O)OC2. The quantitative estimate of drug-likeness (QED) is 0.818. The van der Waals surface area contributed by atoms with Crippen LogP contribution in [-0.2, 0) is 16.8 Å². The summed E-state index contributed by atoms with van der Waals surface area (Å²) in [6.45, 7) is 6.58. The van der Waals surface area contributed by atoms with Crippen LogP contribution in [0.25, 0.3) is 11.1 Å². The lowest BCUT2D eigenvalue weighted by Gasteiger charge is -2.21. The molecule has 4 nitrogen and oxygen atoms in total. The van der Waals surface area contributed by atoms with Gasteiger partial charge in [0.25, 0.3) is 5.56 Å². The van der Waals surface area contributed by atoms with Crippen LogP contribution in [0.3, 0.4) is 0 Å². The summed E-state index contributed by atoms with van der Waals surface area (Å²) in [5, 5.41) is 0. The molecule has 108 valence electrons. The van der Waals surface area contributed by atoms with Gasteiger partial charge in [0, 0.05) is 22.9 Å². The van der Waals surface area contributed by atoms with E-state index in [1.165, 1.54) is 0 Å². The van der Waals surface area contributed by atoms with E-state index < -0.39 is 0 Å². The number of cyclic esters (lactones) is 1. The van der Waals surface area contributed by atoms with E-state index >= 15 is 0 Å². The van der Waals surface area contributed by atoms with Gasteiger partial charge in [0.2, 0.25) is 0 Å². The number of nitrogens with one attached hydrogen (secondary N) is 1. The van der Waals surface area contributed by atoms with Crippen LogP contribution in [0.5, 0.6) is 0 Å². The Morgan fingerprint density at radius 3 is 2.57 bits per heavy atom. The number of rotatable bonds is 1. The summed E-state index contributed by atoms with van der Waals surface area (Å²) in [6, 6.07) is 7.41. The Labute approximate surface area is 122 Å². The van der Waals surface area contributed by atoms with Gasteiger partial charge < -0.3 is 9.72 Å². The molecule has 0 atom stereocenters. The van der Waals surface area contributed by atoms with Crippen molar-refractivity contribution in [3.05, 3.63) is 57.5 Å². The van der Waals surface area contributed by atoms with E-state index in [0.717, 1.165) is 11.1 Å². The molecule has 1 N–H and O–H groups in total. The molecule has 1 aliphatic rings. The number of carbonyl (C=O) groups is 1. The molecule has 0 bridgehead atoms. The van der Waals surface area contributed by atoms with Gasteiger partial charge >= 0.3 is 5.97 Å². The minimum atomic E-state index is -0.358. The maximum atomic E-state index is 12.1. The Morgan fingerprint density at radius 1 is 1.14 bits per heavy atom. The van der Waals surface area contributed by atoms with E-state index in [2.05, 4.69) is 25.8 Å². The number of hydrogen-bond acceptors (Lipinski definition) is 3. The second kappa shape index (κ2) is 4.58. The molecular weight excluding hydrogens is 266 g/mol. The highest BCUT2D eigenvalue weighted by Gasteiger charge is 2.29. The Bertz CT molecular complexity index is 781. The molecule has 0 saturated heterocycles. The number of aromatic nitrogens is 1. The van der Waals surface area contributed by atoms with E-state index in [9.17, 15) is 9.59 Å². The van der Waals surface area contributed by atoms with Crippen molar-refractivity contribution in [1.29, 1.82) is 0 Å². The lowest BCUT2D eigenvalue weighted by atomic mass is 9.82. The lowest BCUT2D eigenvalue weighted by molar-refractivity contribution is 0.0535. The zero-order chi connectivity index (χ0) is 15.2. The van der Waals surface area contributed by atoms with Crippen LogP contribution in [0.1, 0.15) is 42.3 Å². The third kappa shape index (κ3) is 2.27. The summed E-state index contributed by atoms with van der Waals surface area (Å²) in [7, 11) is 0. The predicted octanol–water partition coefficient (Wildman–Crippen LogP) is 3.01. The van der Waals surface area contributed by atoms with Crippen molar-refractivity contribution in [3.63, 3.8) is 0 Å². The summed E-state index contributed by atoms with van der Waals surface area (Å²) in [5.41, 5.74) is 3.32. The highest BCUT2D eigenvalue weighted by atomic mass is 16.5. The van der Waals surface area contributed by atoms with Gasteiger partial charge in [0.15, 0.2) is 0 Å². The number of carbonyl (C=O) groups excluding carboxylic acids is 1. The fourth-order valence-electron chi connectivity index (χ4n) is 2.55. The first-order chi connectivity index (χ1) is 9.88. The summed E-state index contributed by atoms with van der Waals surface area (Å²) >= 11 is 0. The molecule has 0 fully saturated rings. The number of ether oxygens (including phenoxy) is 1. The number of fused-ring (bicyclic) bond motifs is 1. The van der Waals surface area contributed by atoms with E-state index in [-0.39, 0.29) is 23.6 Å². The molecule has 1 aromatic heterocycles. The van der Waals surface area contributed by atoms with Crippen molar-refractivity contribution < 1.29 is 9.53 Å². The number of H-pyrrole nitrogens is 1. The van der Waals surface area contributed by atoms with Gasteiger partial charge in [-0.05, 0) is 29.2 Å². The smallest absolute Gasteiger partial charge is 0.339 e. The number of benzene rings is 1. The predicted molar refractivity (Wildman–Crippen MR) is 80.3 cm³/mol. The Kier molecular flexibility index (Phi) is 2.97. The molecule has 3 rings (SSSR count). The number of aromatic amines is 1. The maximum absolute atomic E-state index is 12.1. The highest BCUT2D eigenvalue weighted by Crippen LogP contribution is 2.35. The first kappa shape index (κ1) is 13.6. The molecule has 4 heteroatoms. The molecule has 0 amide bonds. The second-order valence-corrected chi connectivity index (χ2v) is 6.30. The fraction of sp³-hybridized carbons (Fsp3) is 0.294. The molecule has 0 radical (unpaired) electrons. The van der Waals surface area contributed by atoms with Gasteiger partial charge in [-0.1, -0.05) is 26.8 Å². The Hall–Kier alpha value is -2.36. The molecule has 0 aliphatic carbocycles. The lowest BCUT2D eigenvalue weighted by Crippen LogP contribution is -2.14. The third-order valence-electron chi connectivity index (χ3n) is 3.76. The van der Waals surface area contributed by atoms with E-state index in [1.807, 2.05) is 12.1 Å². The molecule has 0 unspecified atom stereocenters.